The van der Waals surface area contributed by atoms with Gasteiger partial charge in [-0.05, 0) is 12.1 Å². The number of nitrogens with zero attached hydrogens (tertiary/aromatic N) is 3. The van der Waals surface area contributed by atoms with Gasteiger partial charge in [-0.15, -0.1) is 11.3 Å². The lowest BCUT2D eigenvalue weighted by molar-refractivity contribution is -0.134. The van der Waals surface area contributed by atoms with Gasteiger partial charge >= 0.3 is 6.18 Å². The number of carbonyl (C=O) groups excluding carboxylic acids is 1. The summed E-state index contributed by atoms with van der Waals surface area (Å²) in [5.41, 5.74) is 1.20. The Labute approximate surface area is 142 Å². The van der Waals surface area contributed by atoms with Crippen LogP contribution in [0, 0.1) is 0 Å². The first-order valence-corrected chi connectivity index (χ1v) is 8.20. The minimum Gasteiger partial charge on any atom is -0.333 e. The first-order chi connectivity index (χ1) is 11.8. The lowest BCUT2D eigenvalue weighted by Crippen LogP contribution is -2.40. The molecule has 0 fully saturated rings. The zero-order valence-corrected chi connectivity index (χ0v) is 13.4. The number of amides is 1. The maximum atomic E-state index is 12.7. The Morgan fingerprint density at radius 2 is 2.08 bits per heavy atom. The van der Waals surface area contributed by atoms with Gasteiger partial charge in [-0.25, -0.2) is 9.50 Å². The predicted octanol–water partition coefficient (Wildman–Crippen LogP) is 2.30. The number of rotatable bonds is 1. The summed E-state index contributed by atoms with van der Waals surface area (Å²) in [5.74, 6) is -0.512. The van der Waals surface area contributed by atoms with Gasteiger partial charge in [-0.3, -0.25) is 14.7 Å². The molecule has 4 rings (SSSR count). The average Bonchev–Trinajstić information content (AvgIpc) is 3.23. The second kappa shape index (κ2) is 5.45. The Morgan fingerprint density at radius 3 is 2.80 bits per heavy atom. The fraction of sp³-hybridized carbons (Fsp3) is 0.267. The van der Waals surface area contributed by atoms with Crippen molar-refractivity contribution in [1.29, 1.82) is 0 Å². The number of aromatic nitrogens is 3. The summed E-state index contributed by atoms with van der Waals surface area (Å²) in [5, 5.41) is 2.75. The summed E-state index contributed by atoms with van der Waals surface area (Å²) < 4.78 is 39.4. The Bertz CT molecular complexity index is 1030. The molecular weight excluding hydrogens is 357 g/mol. The van der Waals surface area contributed by atoms with Crippen molar-refractivity contribution < 1.29 is 18.0 Å². The van der Waals surface area contributed by atoms with Gasteiger partial charge in [0.2, 0.25) is 0 Å². The zero-order valence-electron chi connectivity index (χ0n) is 12.6. The van der Waals surface area contributed by atoms with E-state index in [4.69, 9.17) is 0 Å². The molecule has 0 unspecified atom stereocenters. The maximum absolute atomic E-state index is 12.7. The molecule has 0 radical (unpaired) electrons. The van der Waals surface area contributed by atoms with Crippen molar-refractivity contribution in [2.24, 2.45) is 0 Å². The number of halogens is 3. The predicted molar refractivity (Wildman–Crippen MR) is 83.6 cm³/mol. The van der Waals surface area contributed by atoms with Crippen molar-refractivity contribution in [3.05, 3.63) is 55.8 Å². The molecule has 0 spiro atoms. The van der Waals surface area contributed by atoms with Crippen molar-refractivity contribution in [2.75, 3.05) is 6.54 Å². The second-order valence-corrected chi connectivity index (χ2v) is 6.72. The molecule has 4 heterocycles. The molecule has 0 atom stereocenters. The molecule has 6 nitrogen and oxygen atoms in total. The van der Waals surface area contributed by atoms with Crippen molar-refractivity contribution in [2.45, 2.75) is 19.1 Å². The lowest BCUT2D eigenvalue weighted by Gasteiger charge is -2.27. The van der Waals surface area contributed by atoms with Gasteiger partial charge < -0.3 is 4.90 Å². The molecule has 0 saturated heterocycles. The molecule has 1 aliphatic heterocycles. The van der Waals surface area contributed by atoms with Gasteiger partial charge in [-0.1, -0.05) is 0 Å². The minimum absolute atomic E-state index is 0.00443. The van der Waals surface area contributed by atoms with E-state index in [0.29, 0.717) is 41.2 Å². The number of carbonyl (C=O) groups is 1. The first kappa shape index (κ1) is 15.9. The molecule has 1 N–H and O–H groups in total. The van der Waals surface area contributed by atoms with E-state index in [-0.39, 0.29) is 17.0 Å². The van der Waals surface area contributed by atoms with Crippen LogP contribution < -0.4 is 5.56 Å². The standard InChI is InChI=1S/C15H11F3N4O2S/c16-15(17,18)11-2-1-10(25-11)14(24)21-6-4-9-8(7-21)13(23)22-12(20-9)3-5-19-22/h1-3,5,19H,4,6-7H2. The van der Waals surface area contributed by atoms with Crippen molar-refractivity contribution >= 4 is 22.9 Å². The molecule has 130 valence electrons. The maximum Gasteiger partial charge on any atom is 0.425 e. The fourth-order valence-corrected chi connectivity index (χ4v) is 3.69. The van der Waals surface area contributed by atoms with Crippen LogP contribution in [-0.4, -0.2) is 31.9 Å². The van der Waals surface area contributed by atoms with Gasteiger partial charge in [0.15, 0.2) is 5.65 Å². The smallest absolute Gasteiger partial charge is 0.333 e. The molecule has 0 aromatic carbocycles. The van der Waals surface area contributed by atoms with Crippen LogP contribution >= 0.6 is 11.3 Å². The summed E-state index contributed by atoms with van der Waals surface area (Å²) in [7, 11) is 0. The molecule has 0 bridgehead atoms. The number of fused-ring (bicyclic) bond motifs is 2. The molecule has 10 heteroatoms. The van der Waals surface area contributed by atoms with E-state index >= 15 is 0 Å². The number of nitrogens with one attached hydrogen (secondary N) is 1. The third kappa shape index (κ3) is 2.62. The third-order valence-corrected chi connectivity index (χ3v) is 5.19. The van der Waals surface area contributed by atoms with Gasteiger partial charge in [0.05, 0.1) is 22.7 Å². The van der Waals surface area contributed by atoms with E-state index < -0.39 is 17.0 Å². The van der Waals surface area contributed by atoms with Crippen molar-refractivity contribution in [3.8, 4) is 0 Å². The second-order valence-electron chi connectivity index (χ2n) is 5.64. The largest absolute Gasteiger partial charge is 0.425 e. The van der Waals surface area contributed by atoms with Gasteiger partial charge in [0.1, 0.15) is 4.88 Å². The van der Waals surface area contributed by atoms with E-state index in [0.717, 1.165) is 6.07 Å². The highest BCUT2D eigenvalue weighted by molar-refractivity contribution is 7.14. The summed E-state index contributed by atoms with van der Waals surface area (Å²) >= 11 is 0.410. The SMILES string of the molecule is O=C(c1ccc(C(F)(F)F)s1)N1CCc2nc3cc[nH]n3c(=O)c2C1. The number of thiophene rings is 1. The molecule has 0 aliphatic carbocycles. The molecular formula is C15H11F3N4O2S. The quantitative estimate of drug-likeness (QED) is 0.717. The Morgan fingerprint density at radius 1 is 1.28 bits per heavy atom. The van der Waals surface area contributed by atoms with Crippen molar-refractivity contribution in [1.82, 2.24) is 19.5 Å². The number of alkyl halides is 3. The van der Waals surface area contributed by atoms with Crippen LogP contribution in [0.4, 0.5) is 13.2 Å². The van der Waals surface area contributed by atoms with Gasteiger partial charge in [-0.2, -0.15) is 13.2 Å². The van der Waals surface area contributed by atoms with E-state index in [1.807, 2.05) is 0 Å². The topological polar surface area (TPSA) is 70.5 Å². The van der Waals surface area contributed by atoms with Crippen LogP contribution in [0.3, 0.4) is 0 Å². The highest BCUT2D eigenvalue weighted by Crippen LogP contribution is 2.35. The van der Waals surface area contributed by atoms with Crippen LogP contribution in [0.15, 0.2) is 29.2 Å². The average molecular weight is 368 g/mol. The molecule has 25 heavy (non-hydrogen) atoms. The molecule has 1 amide bonds. The van der Waals surface area contributed by atoms with E-state index in [9.17, 15) is 22.8 Å². The fourth-order valence-electron chi connectivity index (χ4n) is 2.85. The van der Waals surface area contributed by atoms with Crippen LogP contribution in [-0.2, 0) is 19.1 Å². The first-order valence-electron chi connectivity index (χ1n) is 7.39. The number of aromatic amines is 1. The van der Waals surface area contributed by atoms with E-state index in [2.05, 4.69) is 10.1 Å². The summed E-state index contributed by atoms with van der Waals surface area (Å²) in [6.07, 6.45) is -2.50. The summed E-state index contributed by atoms with van der Waals surface area (Å²) in [6, 6.07) is 3.74. The minimum atomic E-state index is -4.47. The van der Waals surface area contributed by atoms with Crippen LogP contribution in [0.2, 0.25) is 0 Å². The zero-order chi connectivity index (χ0) is 17.8. The van der Waals surface area contributed by atoms with Gasteiger partial charge in [0.25, 0.3) is 11.5 Å². The number of hydrogen-bond acceptors (Lipinski definition) is 4. The van der Waals surface area contributed by atoms with Crippen LogP contribution in [0.1, 0.15) is 25.8 Å². The molecule has 1 aliphatic rings. The summed E-state index contributed by atoms with van der Waals surface area (Å²) in [6.45, 7) is 0.333. The van der Waals surface area contributed by atoms with Crippen LogP contribution in [0.25, 0.3) is 5.65 Å². The normalized spacial score (nSPS) is 14.8. The monoisotopic (exact) mass is 368 g/mol. The van der Waals surface area contributed by atoms with Gasteiger partial charge in [0, 0.05) is 25.2 Å². The molecule has 0 saturated carbocycles. The Kier molecular flexibility index (Phi) is 3.46. The molecule has 3 aromatic heterocycles. The highest BCUT2D eigenvalue weighted by Gasteiger charge is 2.34. The van der Waals surface area contributed by atoms with E-state index in [1.54, 1.807) is 12.3 Å². The molecule has 3 aromatic rings. The third-order valence-electron chi connectivity index (χ3n) is 4.08. The van der Waals surface area contributed by atoms with Crippen LogP contribution in [0.5, 0.6) is 0 Å². The Hall–Kier alpha value is -2.62. The van der Waals surface area contributed by atoms with E-state index in [1.165, 1.54) is 15.5 Å². The number of H-pyrrole nitrogens is 1. The Balaban J connectivity index is 1.65. The van der Waals surface area contributed by atoms with Crippen molar-refractivity contribution in [3.63, 3.8) is 0 Å². The number of hydrogen-bond donors (Lipinski definition) is 1. The summed E-state index contributed by atoms with van der Waals surface area (Å²) in [4.78, 5) is 29.9. The highest BCUT2D eigenvalue weighted by atomic mass is 32.1. The lowest BCUT2D eigenvalue weighted by atomic mass is 10.1.